The Morgan fingerprint density at radius 2 is 1.93 bits per heavy atom. The van der Waals surface area contributed by atoms with Gasteiger partial charge in [0.05, 0.1) is 65.6 Å². The average Bonchev–Trinajstić information content (AvgIpc) is 3.63. The lowest BCUT2D eigenvalue weighted by molar-refractivity contribution is -0.116. The summed E-state index contributed by atoms with van der Waals surface area (Å²) in [5.41, 5.74) is 1.04. The SMILES string of the molecule is O=C(C=CCN1C[C@@H]2OCCO[C@@H]2C1)Nc1cc2c(Nc3ccc(Cl)c(Cl)c3F)ncnc2cc1OC1CCOC1. The van der Waals surface area contributed by atoms with Gasteiger partial charge in [-0.2, -0.15) is 0 Å². The normalized spacial score (nSPS) is 22.8. The van der Waals surface area contributed by atoms with Crippen molar-refractivity contribution in [3.05, 3.63) is 58.6 Å². The highest BCUT2D eigenvalue weighted by Crippen LogP contribution is 2.36. The summed E-state index contributed by atoms with van der Waals surface area (Å²) < 4.78 is 37.9. The highest BCUT2D eigenvalue weighted by Gasteiger charge is 2.35. The Kier molecular flexibility index (Phi) is 8.52. The van der Waals surface area contributed by atoms with E-state index in [2.05, 4.69) is 25.5 Å². The van der Waals surface area contributed by atoms with E-state index in [-0.39, 0.29) is 40.0 Å². The zero-order valence-corrected chi connectivity index (χ0v) is 23.5. The largest absolute Gasteiger partial charge is 0.486 e. The summed E-state index contributed by atoms with van der Waals surface area (Å²) in [6.45, 7) is 4.38. The lowest BCUT2D eigenvalue weighted by atomic mass is 10.1. The number of nitrogens with one attached hydrogen (secondary N) is 2. The van der Waals surface area contributed by atoms with Gasteiger partial charge in [0.1, 0.15) is 24.0 Å². The number of amides is 1. The lowest BCUT2D eigenvalue weighted by Gasteiger charge is -2.24. The summed E-state index contributed by atoms with van der Waals surface area (Å²) >= 11 is 11.9. The van der Waals surface area contributed by atoms with Gasteiger partial charge in [-0.05, 0) is 18.2 Å². The van der Waals surface area contributed by atoms with Crippen molar-refractivity contribution in [2.45, 2.75) is 24.7 Å². The molecule has 3 saturated heterocycles. The summed E-state index contributed by atoms with van der Waals surface area (Å²) in [4.78, 5) is 23.8. The molecule has 0 saturated carbocycles. The van der Waals surface area contributed by atoms with Gasteiger partial charge in [0.25, 0.3) is 0 Å². The Bertz CT molecular complexity index is 1460. The number of likely N-dealkylation sites (tertiary alicyclic amines) is 1. The molecular formula is C28H28Cl2FN5O5. The highest BCUT2D eigenvalue weighted by molar-refractivity contribution is 6.42. The molecule has 1 unspecified atom stereocenters. The Hall–Kier alpha value is -3.06. The number of halogens is 3. The summed E-state index contributed by atoms with van der Waals surface area (Å²) in [7, 11) is 0. The van der Waals surface area contributed by atoms with Gasteiger partial charge in [-0.1, -0.05) is 29.3 Å². The second-order valence-electron chi connectivity index (χ2n) is 9.97. The molecule has 0 radical (unpaired) electrons. The third kappa shape index (κ3) is 6.40. The zero-order chi connectivity index (χ0) is 28.3. The fourth-order valence-electron chi connectivity index (χ4n) is 5.08. The number of carbonyl (C=O) groups is 1. The molecule has 3 aromatic rings. The first-order valence-electron chi connectivity index (χ1n) is 13.3. The van der Waals surface area contributed by atoms with Crippen molar-refractivity contribution in [1.29, 1.82) is 0 Å². The minimum Gasteiger partial charge on any atom is -0.486 e. The van der Waals surface area contributed by atoms with E-state index in [0.717, 1.165) is 19.5 Å². The second-order valence-corrected chi connectivity index (χ2v) is 10.8. The summed E-state index contributed by atoms with van der Waals surface area (Å²) in [5.74, 6) is -0.281. The molecule has 3 atom stereocenters. The van der Waals surface area contributed by atoms with Crippen LogP contribution < -0.4 is 15.4 Å². The van der Waals surface area contributed by atoms with Crippen molar-refractivity contribution in [2.24, 2.45) is 0 Å². The maximum atomic E-state index is 14.8. The first kappa shape index (κ1) is 28.1. The first-order chi connectivity index (χ1) is 19.9. The Balaban J connectivity index is 1.23. The van der Waals surface area contributed by atoms with Gasteiger partial charge in [-0.25, -0.2) is 14.4 Å². The third-order valence-corrected chi connectivity index (χ3v) is 7.92. The summed E-state index contributed by atoms with van der Waals surface area (Å²) in [6, 6.07) is 6.37. The fraction of sp³-hybridized carbons (Fsp3) is 0.393. The van der Waals surface area contributed by atoms with Crippen LogP contribution in [0.25, 0.3) is 10.9 Å². The van der Waals surface area contributed by atoms with E-state index in [1.165, 1.54) is 24.5 Å². The molecule has 13 heteroatoms. The van der Waals surface area contributed by atoms with Crippen LogP contribution in [-0.2, 0) is 19.0 Å². The maximum Gasteiger partial charge on any atom is 0.248 e. The van der Waals surface area contributed by atoms with Crippen molar-refractivity contribution in [3.8, 4) is 5.75 Å². The van der Waals surface area contributed by atoms with Crippen molar-refractivity contribution < 1.29 is 28.1 Å². The predicted molar refractivity (Wildman–Crippen MR) is 153 cm³/mol. The van der Waals surface area contributed by atoms with Gasteiger partial charge in [-0.15, -0.1) is 0 Å². The number of aromatic nitrogens is 2. The van der Waals surface area contributed by atoms with Crippen LogP contribution in [0.15, 0.2) is 42.7 Å². The minimum absolute atomic E-state index is 0.0743. The highest BCUT2D eigenvalue weighted by atomic mass is 35.5. The quantitative estimate of drug-likeness (QED) is 0.282. The van der Waals surface area contributed by atoms with Crippen LogP contribution in [0.5, 0.6) is 5.75 Å². The standard InChI is InChI=1S/C28H28Cl2FN5O5/c29-18-3-4-19(27(31)26(18)30)35-28-17-10-21(22(11-20(17)32-15-33-28)41-16-5-7-38-14-16)34-25(37)2-1-6-36-12-23-24(13-36)40-9-8-39-23/h1-4,10-11,15-16,23-24H,5-9,12-14H2,(H,34,37)(H,32,33,35)/t16?,23-,24+. The molecule has 216 valence electrons. The van der Waals surface area contributed by atoms with Crippen molar-refractivity contribution in [2.75, 3.05) is 56.7 Å². The van der Waals surface area contributed by atoms with E-state index in [0.29, 0.717) is 61.1 Å². The Morgan fingerprint density at radius 3 is 2.68 bits per heavy atom. The van der Waals surface area contributed by atoms with Gasteiger partial charge < -0.3 is 29.6 Å². The van der Waals surface area contributed by atoms with E-state index in [1.807, 2.05) is 6.08 Å². The predicted octanol–water partition coefficient (Wildman–Crippen LogP) is 4.58. The first-order valence-corrected chi connectivity index (χ1v) is 14.1. The molecule has 4 heterocycles. The topological polar surface area (TPSA) is 107 Å². The molecule has 2 aromatic carbocycles. The zero-order valence-electron chi connectivity index (χ0n) is 21.9. The van der Waals surface area contributed by atoms with Crippen LogP contribution in [0.1, 0.15) is 6.42 Å². The van der Waals surface area contributed by atoms with Crippen molar-refractivity contribution in [1.82, 2.24) is 14.9 Å². The Labute approximate surface area is 245 Å². The lowest BCUT2D eigenvalue weighted by Crippen LogP contribution is -2.36. The molecule has 3 aliphatic rings. The Morgan fingerprint density at radius 1 is 1.12 bits per heavy atom. The van der Waals surface area contributed by atoms with Crippen molar-refractivity contribution >= 4 is 57.2 Å². The maximum absolute atomic E-state index is 14.8. The molecule has 41 heavy (non-hydrogen) atoms. The number of fused-ring (bicyclic) bond motifs is 2. The number of rotatable bonds is 8. The van der Waals surface area contributed by atoms with E-state index in [1.54, 1.807) is 12.1 Å². The minimum atomic E-state index is -0.707. The van der Waals surface area contributed by atoms with Crippen LogP contribution in [0, 0.1) is 5.82 Å². The van der Waals surface area contributed by atoms with E-state index < -0.39 is 5.82 Å². The molecule has 1 amide bonds. The molecule has 10 nitrogen and oxygen atoms in total. The van der Waals surface area contributed by atoms with Gasteiger partial charge in [0.2, 0.25) is 5.91 Å². The monoisotopic (exact) mass is 603 g/mol. The number of anilines is 3. The van der Waals surface area contributed by atoms with Crippen LogP contribution in [0.2, 0.25) is 10.0 Å². The summed E-state index contributed by atoms with van der Waals surface area (Å²) in [5, 5.41) is 6.31. The van der Waals surface area contributed by atoms with Crippen molar-refractivity contribution in [3.63, 3.8) is 0 Å². The molecule has 1 aromatic heterocycles. The van der Waals surface area contributed by atoms with E-state index in [4.69, 9.17) is 42.1 Å². The van der Waals surface area contributed by atoms with Gasteiger partial charge in [0.15, 0.2) is 5.82 Å². The average molecular weight is 604 g/mol. The molecule has 3 fully saturated rings. The van der Waals surface area contributed by atoms with E-state index in [9.17, 15) is 9.18 Å². The molecule has 0 aliphatic carbocycles. The number of carbonyl (C=O) groups excluding carboxylic acids is 1. The number of ether oxygens (including phenoxy) is 4. The number of hydrogen-bond donors (Lipinski definition) is 2. The number of hydrogen-bond acceptors (Lipinski definition) is 9. The molecular weight excluding hydrogens is 576 g/mol. The number of nitrogens with zero attached hydrogens (tertiary/aromatic N) is 3. The van der Waals surface area contributed by atoms with Crippen LogP contribution >= 0.6 is 23.2 Å². The molecule has 0 bridgehead atoms. The van der Waals surface area contributed by atoms with Crippen LogP contribution in [-0.4, -0.2) is 85.1 Å². The van der Waals surface area contributed by atoms with Gasteiger partial charge >= 0.3 is 0 Å². The van der Waals surface area contributed by atoms with Gasteiger partial charge in [0, 0.05) is 43.6 Å². The summed E-state index contributed by atoms with van der Waals surface area (Å²) in [6.07, 6.45) is 5.37. The van der Waals surface area contributed by atoms with Crippen LogP contribution in [0.4, 0.5) is 21.6 Å². The molecule has 6 rings (SSSR count). The third-order valence-electron chi connectivity index (χ3n) is 7.14. The number of benzene rings is 2. The fourth-order valence-corrected chi connectivity index (χ4v) is 5.39. The van der Waals surface area contributed by atoms with Crippen LogP contribution in [0.3, 0.4) is 0 Å². The van der Waals surface area contributed by atoms with Gasteiger partial charge in [-0.3, -0.25) is 9.69 Å². The van der Waals surface area contributed by atoms with E-state index >= 15 is 0 Å². The second kappa shape index (κ2) is 12.4. The molecule has 0 spiro atoms. The molecule has 3 aliphatic heterocycles. The smallest absolute Gasteiger partial charge is 0.248 e. The molecule has 2 N–H and O–H groups in total.